The van der Waals surface area contributed by atoms with E-state index in [0.29, 0.717) is 11.4 Å². The molecular formula is C20H21N3O3S2. The number of anilines is 2. The third-order valence-corrected chi connectivity index (χ3v) is 6.36. The Morgan fingerprint density at radius 1 is 1.04 bits per heavy atom. The minimum absolute atomic E-state index is 0.128. The lowest BCUT2D eigenvalue weighted by Gasteiger charge is -2.13. The highest BCUT2D eigenvalue weighted by Gasteiger charge is 2.16. The Kier molecular flexibility index (Phi) is 5.81. The Hall–Kier alpha value is -2.71. The van der Waals surface area contributed by atoms with Crippen LogP contribution in [0.2, 0.25) is 0 Å². The van der Waals surface area contributed by atoms with E-state index in [1.807, 2.05) is 44.4 Å². The van der Waals surface area contributed by atoms with Gasteiger partial charge in [0.1, 0.15) is 0 Å². The number of hydrogen-bond donors (Lipinski definition) is 2. The number of sulfonamides is 1. The molecule has 0 aliphatic rings. The predicted octanol–water partition coefficient (Wildman–Crippen LogP) is 4.05. The van der Waals surface area contributed by atoms with Gasteiger partial charge in [-0.3, -0.25) is 9.52 Å². The van der Waals surface area contributed by atoms with E-state index in [2.05, 4.69) is 15.0 Å². The standard InChI is InChI=1S/C20H21N3O3S2/c1-13-5-4-6-14(2)20(13)23-28(25,26)18-9-7-16(8-10-18)22-19(24)11-17-12-27-15(3)21-17/h4-10,12,23H,11H2,1-3H3,(H,22,24). The first kappa shape index (κ1) is 20.0. The van der Waals surface area contributed by atoms with Crippen molar-refractivity contribution in [3.63, 3.8) is 0 Å². The molecule has 0 aliphatic carbocycles. The highest BCUT2D eigenvalue weighted by Crippen LogP contribution is 2.24. The molecule has 0 aliphatic heterocycles. The van der Waals surface area contributed by atoms with Crippen molar-refractivity contribution in [2.45, 2.75) is 32.1 Å². The fourth-order valence-corrected chi connectivity index (χ4v) is 4.56. The Bertz CT molecular complexity index is 1080. The van der Waals surface area contributed by atoms with Crippen molar-refractivity contribution in [2.24, 2.45) is 0 Å². The van der Waals surface area contributed by atoms with Crippen LogP contribution in [-0.2, 0) is 21.2 Å². The number of aromatic nitrogens is 1. The molecule has 0 saturated carbocycles. The number of para-hydroxylation sites is 1. The first-order chi connectivity index (χ1) is 13.2. The molecule has 0 unspecified atom stereocenters. The number of hydrogen-bond acceptors (Lipinski definition) is 5. The molecule has 0 fully saturated rings. The third kappa shape index (κ3) is 4.76. The van der Waals surface area contributed by atoms with Crippen LogP contribution in [0, 0.1) is 20.8 Å². The van der Waals surface area contributed by atoms with Crippen LogP contribution in [0.3, 0.4) is 0 Å². The number of carbonyl (C=O) groups excluding carboxylic acids is 1. The molecule has 1 aromatic heterocycles. The molecule has 0 spiro atoms. The summed E-state index contributed by atoms with van der Waals surface area (Å²) in [4.78, 5) is 16.5. The second-order valence-corrected chi connectivity index (χ2v) is 9.22. The van der Waals surface area contributed by atoms with E-state index in [0.717, 1.165) is 21.8 Å². The number of benzene rings is 2. The fraction of sp³-hybridized carbons (Fsp3) is 0.200. The van der Waals surface area contributed by atoms with Crippen molar-refractivity contribution >= 4 is 38.6 Å². The van der Waals surface area contributed by atoms with Crippen LogP contribution in [0.1, 0.15) is 21.8 Å². The molecular weight excluding hydrogens is 394 g/mol. The molecule has 0 atom stereocenters. The molecule has 6 nitrogen and oxygen atoms in total. The van der Waals surface area contributed by atoms with Crippen LogP contribution in [0.5, 0.6) is 0 Å². The van der Waals surface area contributed by atoms with Crippen LogP contribution >= 0.6 is 11.3 Å². The van der Waals surface area contributed by atoms with E-state index in [-0.39, 0.29) is 17.2 Å². The van der Waals surface area contributed by atoms with Crippen molar-refractivity contribution in [1.29, 1.82) is 0 Å². The second-order valence-electron chi connectivity index (χ2n) is 6.48. The largest absolute Gasteiger partial charge is 0.326 e. The van der Waals surface area contributed by atoms with Gasteiger partial charge in [0, 0.05) is 11.1 Å². The summed E-state index contributed by atoms with van der Waals surface area (Å²) in [6.45, 7) is 5.60. The lowest BCUT2D eigenvalue weighted by Crippen LogP contribution is -2.16. The first-order valence-electron chi connectivity index (χ1n) is 8.64. The number of thiazole rings is 1. The molecule has 3 aromatic rings. The van der Waals surface area contributed by atoms with Gasteiger partial charge in [0.25, 0.3) is 10.0 Å². The lowest BCUT2D eigenvalue weighted by molar-refractivity contribution is -0.115. The van der Waals surface area contributed by atoms with Gasteiger partial charge in [-0.1, -0.05) is 18.2 Å². The average molecular weight is 416 g/mol. The van der Waals surface area contributed by atoms with Crippen LogP contribution in [0.25, 0.3) is 0 Å². The highest BCUT2D eigenvalue weighted by atomic mass is 32.2. The zero-order valence-corrected chi connectivity index (χ0v) is 17.4. The van der Waals surface area contributed by atoms with E-state index < -0.39 is 10.0 Å². The third-order valence-electron chi connectivity index (χ3n) is 4.17. The summed E-state index contributed by atoms with van der Waals surface area (Å²) in [7, 11) is -3.72. The molecule has 146 valence electrons. The minimum Gasteiger partial charge on any atom is -0.326 e. The average Bonchev–Trinajstić information content (AvgIpc) is 3.03. The van der Waals surface area contributed by atoms with Gasteiger partial charge in [-0.2, -0.15) is 0 Å². The summed E-state index contributed by atoms with van der Waals surface area (Å²) in [5.74, 6) is -0.199. The van der Waals surface area contributed by atoms with Crippen molar-refractivity contribution < 1.29 is 13.2 Å². The molecule has 2 N–H and O–H groups in total. The number of carbonyl (C=O) groups is 1. The molecule has 2 aromatic carbocycles. The first-order valence-corrected chi connectivity index (χ1v) is 11.0. The van der Waals surface area contributed by atoms with Gasteiger partial charge < -0.3 is 5.32 Å². The summed E-state index contributed by atoms with van der Waals surface area (Å²) < 4.78 is 28.0. The number of nitrogens with one attached hydrogen (secondary N) is 2. The summed E-state index contributed by atoms with van der Waals surface area (Å²) in [5, 5.41) is 5.52. The molecule has 0 radical (unpaired) electrons. The van der Waals surface area contributed by atoms with Gasteiger partial charge in [-0.15, -0.1) is 11.3 Å². The zero-order chi connectivity index (χ0) is 20.3. The molecule has 0 saturated heterocycles. The highest BCUT2D eigenvalue weighted by molar-refractivity contribution is 7.92. The van der Waals surface area contributed by atoms with Gasteiger partial charge in [0.15, 0.2) is 0 Å². The monoisotopic (exact) mass is 415 g/mol. The number of nitrogens with zero attached hydrogens (tertiary/aromatic N) is 1. The van der Waals surface area contributed by atoms with Crippen molar-refractivity contribution in [1.82, 2.24) is 4.98 Å². The number of rotatable bonds is 6. The van der Waals surface area contributed by atoms with Gasteiger partial charge in [-0.25, -0.2) is 13.4 Å². The summed E-state index contributed by atoms with van der Waals surface area (Å²) in [6, 6.07) is 11.7. The normalized spacial score (nSPS) is 11.2. The molecule has 0 bridgehead atoms. The Morgan fingerprint density at radius 3 is 2.25 bits per heavy atom. The van der Waals surface area contributed by atoms with E-state index in [1.54, 1.807) is 12.1 Å². The van der Waals surface area contributed by atoms with Crippen molar-refractivity contribution in [2.75, 3.05) is 10.0 Å². The Labute approximate surface area is 168 Å². The molecule has 8 heteroatoms. The van der Waals surface area contributed by atoms with E-state index in [9.17, 15) is 13.2 Å². The van der Waals surface area contributed by atoms with E-state index >= 15 is 0 Å². The SMILES string of the molecule is Cc1nc(CC(=O)Nc2ccc(S(=O)(=O)Nc3c(C)cccc3C)cc2)cs1. The minimum atomic E-state index is -3.72. The Balaban J connectivity index is 1.70. The zero-order valence-electron chi connectivity index (χ0n) is 15.8. The van der Waals surface area contributed by atoms with Gasteiger partial charge >= 0.3 is 0 Å². The smallest absolute Gasteiger partial charge is 0.261 e. The van der Waals surface area contributed by atoms with Crippen LogP contribution in [-0.4, -0.2) is 19.3 Å². The van der Waals surface area contributed by atoms with Gasteiger partial charge in [-0.05, 0) is 56.2 Å². The number of aryl methyl sites for hydroxylation is 3. The Morgan fingerprint density at radius 2 is 1.68 bits per heavy atom. The van der Waals surface area contributed by atoms with E-state index in [4.69, 9.17) is 0 Å². The van der Waals surface area contributed by atoms with Crippen molar-refractivity contribution in [3.8, 4) is 0 Å². The van der Waals surface area contributed by atoms with E-state index in [1.165, 1.54) is 23.5 Å². The predicted molar refractivity (Wildman–Crippen MR) is 112 cm³/mol. The van der Waals surface area contributed by atoms with Crippen LogP contribution in [0.4, 0.5) is 11.4 Å². The van der Waals surface area contributed by atoms with Crippen molar-refractivity contribution in [3.05, 3.63) is 69.7 Å². The maximum Gasteiger partial charge on any atom is 0.261 e. The number of amides is 1. The summed E-state index contributed by atoms with van der Waals surface area (Å²) >= 11 is 1.50. The van der Waals surface area contributed by atoms with Gasteiger partial charge in [0.2, 0.25) is 5.91 Å². The topological polar surface area (TPSA) is 88.2 Å². The molecule has 3 rings (SSSR count). The second kappa shape index (κ2) is 8.12. The molecule has 1 amide bonds. The maximum absolute atomic E-state index is 12.7. The molecule has 28 heavy (non-hydrogen) atoms. The van der Waals surface area contributed by atoms with Crippen LogP contribution in [0.15, 0.2) is 52.7 Å². The summed E-state index contributed by atoms with van der Waals surface area (Å²) in [6.07, 6.45) is 0.179. The lowest BCUT2D eigenvalue weighted by atomic mass is 10.1. The fourth-order valence-electron chi connectivity index (χ4n) is 2.75. The van der Waals surface area contributed by atoms with Gasteiger partial charge in [0.05, 0.1) is 27.7 Å². The summed E-state index contributed by atoms with van der Waals surface area (Å²) in [5.41, 5.74) is 3.54. The maximum atomic E-state index is 12.7. The van der Waals surface area contributed by atoms with Crippen LogP contribution < -0.4 is 10.0 Å². The quantitative estimate of drug-likeness (QED) is 0.636. The molecule has 1 heterocycles.